The summed E-state index contributed by atoms with van der Waals surface area (Å²) < 4.78 is 2.04. The second-order valence-corrected chi connectivity index (χ2v) is 5.06. The van der Waals surface area contributed by atoms with Crippen LogP contribution in [0.25, 0.3) is 0 Å². The van der Waals surface area contributed by atoms with E-state index in [1.807, 2.05) is 4.68 Å². The summed E-state index contributed by atoms with van der Waals surface area (Å²) in [6, 6.07) is 0.504. The molecule has 0 spiro atoms. The van der Waals surface area contributed by atoms with E-state index in [1.165, 1.54) is 25.0 Å². The minimum atomic E-state index is -0.321. The number of amides is 1. The van der Waals surface area contributed by atoms with Crippen LogP contribution < -0.4 is 5.73 Å². The summed E-state index contributed by atoms with van der Waals surface area (Å²) in [6.07, 6.45) is 3.80. The van der Waals surface area contributed by atoms with Crippen molar-refractivity contribution in [1.29, 1.82) is 0 Å². The number of aromatic nitrogens is 3. The van der Waals surface area contributed by atoms with Gasteiger partial charge in [-0.2, -0.15) is 0 Å². The molecule has 2 unspecified atom stereocenters. The summed E-state index contributed by atoms with van der Waals surface area (Å²) in [6.45, 7) is 2.22. The third-order valence-corrected chi connectivity index (χ3v) is 3.49. The predicted molar refractivity (Wildman–Crippen MR) is 57.7 cm³/mol. The number of nitrogens with zero attached hydrogens (tertiary/aromatic N) is 3. The maximum atomic E-state index is 11.0. The highest BCUT2D eigenvalue weighted by Gasteiger charge is 2.41. The SMILES string of the molecule is CC1CC1n1nnc(CC(N)=O)c1C1CC1. The van der Waals surface area contributed by atoms with E-state index < -0.39 is 0 Å². The molecule has 1 heterocycles. The number of carbonyl (C=O) groups is 1. The zero-order valence-electron chi connectivity index (χ0n) is 9.39. The zero-order chi connectivity index (χ0) is 11.3. The zero-order valence-corrected chi connectivity index (χ0v) is 9.39. The number of primary amides is 1. The highest BCUT2D eigenvalue weighted by atomic mass is 16.1. The van der Waals surface area contributed by atoms with Crippen molar-refractivity contribution in [1.82, 2.24) is 15.0 Å². The first kappa shape index (κ1) is 9.81. The van der Waals surface area contributed by atoms with Crippen LogP contribution in [0.3, 0.4) is 0 Å². The number of hydrogen-bond acceptors (Lipinski definition) is 3. The number of nitrogens with two attached hydrogens (primary N) is 1. The molecule has 2 saturated carbocycles. The molecule has 2 aliphatic rings. The van der Waals surface area contributed by atoms with Crippen molar-refractivity contribution >= 4 is 5.91 Å². The third-order valence-electron chi connectivity index (χ3n) is 3.49. The van der Waals surface area contributed by atoms with E-state index in [2.05, 4.69) is 17.2 Å². The Morgan fingerprint density at radius 1 is 1.56 bits per heavy atom. The van der Waals surface area contributed by atoms with Gasteiger partial charge in [0.1, 0.15) is 0 Å². The van der Waals surface area contributed by atoms with Gasteiger partial charge in [-0.25, -0.2) is 4.68 Å². The Morgan fingerprint density at radius 3 is 2.75 bits per heavy atom. The van der Waals surface area contributed by atoms with E-state index in [1.54, 1.807) is 0 Å². The van der Waals surface area contributed by atoms with Gasteiger partial charge in [0.15, 0.2) is 0 Å². The van der Waals surface area contributed by atoms with Gasteiger partial charge in [-0.1, -0.05) is 12.1 Å². The average Bonchev–Trinajstić information content (AvgIpc) is 3.10. The van der Waals surface area contributed by atoms with Crippen molar-refractivity contribution in [3.8, 4) is 0 Å². The normalized spacial score (nSPS) is 28.1. The Morgan fingerprint density at radius 2 is 2.25 bits per heavy atom. The van der Waals surface area contributed by atoms with Crippen molar-refractivity contribution < 1.29 is 4.79 Å². The molecule has 16 heavy (non-hydrogen) atoms. The molecule has 1 aromatic rings. The monoisotopic (exact) mass is 220 g/mol. The first-order valence-electron chi connectivity index (χ1n) is 5.89. The highest BCUT2D eigenvalue weighted by molar-refractivity contribution is 5.76. The van der Waals surface area contributed by atoms with E-state index in [4.69, 9.17) is 5.73 Å². The van der Waals surface area contributed by atoms with Gasteiger partial charge in [0.25, 0.3) is 0 Å². The molecule has 0 radical (unpaired) electrons. The van der Waals surface area contributed by atoms with E-state index in [0.29, 0.717) is 17.9 Å². The maximum Gasteiger partial charge on any atom is 0.223 e. The average molecular weight is 220 g/mol. The Labute approximate surface area is 94.0 Å². The fraction of sp³-hybridized carbons (Fsp3) is 0.727. The molecule has 2 fully saturated rings. The van der Waals surface area contributed by atoms with Crippen LogP contribution in [-0.2, 0) is 11.2 Å². The molecular weight excluding hydrogens is 204 g/mol. The second kappa shape index (κ2) is 3.30. The van der Waals surface area contributed by atoms with Crippen molar-refractivity contribution in [3.63, 3.8) is 0 Å². The molecule has 2 atom stereocenters. The molecule has 3 rings (SSSR count). The summed E-state index contributed by atoms with van der Waals surface area (Å²) in [5.41, 5.74) is 7.20. The Hall–Kier alpha value is -1.39. The first-order chi connectivity index (χ1) is 7.66. The summed E-state index contributed by atoms with van der Waals surface area (Å²) in [4.78, 5) is 11.0. The molecule has 1 amide bonds. The summed E-state index contributed by atoms with van der Waals surface area (Å²) in [5.74, 6) is 0.940. The fourth-order valence-electron chi connectivity index (χ4n) is 2.29. The molecule has 1 aromatic heterocycles. The molecule has 5 heteroatoms. The Balaban J connectivity index is 1.93. The molecule has 0 bridgehead atoms. The van der Waals surface area contributed by atoms with Crippen LogP contribution >= 0.6 is 0 Å². The van der Waals surface area contributed by atoms with Crippen LogP contribution in [0, 0.1) is 5.92 Å². The van der Waals surface area contributed by atoms with Crippen molar-refractivity contribution in [2.75, 3.05) is 0 Å². The first-order valence-corrected chi connectivity index (χ1v) is 5.89. The topological polar surface area (TPSA) is 73.8 Å². The molecule has 0 aliphatic heterocycles. The lowest BCUT2D eigenvalue weighted by atomic mass is 10.1. The summed E-state index contributed by atoms with van der Waals surface area (Å²) in [5, 5.41) is 8.33. The molecule has 5 nitrogen and oxygen atoms in total. The van der Waals surface area contributed by atoms with Crippen LogP contribution in [0.4, 0.5) is 0 Å². The number of hydrogen-bond donors (Lipinski definition) is 1. The quantitative estimate of drug-likeness (QED) is 0.814. The van der Waals surface area contributed by atoms with E-state index in [9.17, 15) is 4.79 Å². The minimum absolute atomic E-state index is 0.229. The second-order valence-electron chi connectivity index (χ2n) is 5.06. The van der Waals surface area contributed by atoms with Gasteiger partial charge < -0.3 is 5.73 Å². The van der Waals surface area contributed by atoms with E-state index in [0.717, 1.165) is 5.69 Å². The van der Waals surface area contributed by atoms with Crippen LogP contribution in [-0.4, -0.2) is 20.9 Å². The lowest BCUT2D eigenvalue weighted by Gasteiger charge is -2.05. The lowest BCUT2D eigenvalue weighted by molar-refractivity contribution is -0.117. The third kappa shape index (κ3) is 1.60. The molecular formula is C11H16N4O. The fourth-order valence-corrected chi connectivity index (χ4v) is 2.29. The number of carbonyl (C=O) groups excluding carboxylic acids is 1. The van der Waals surface area contributed by atoms with Gasteiger partial charge in [-0.05, 0) is 25.2 Å². The molecule has 0 aromatic carbocycles. The van der Waals surface area contributed by atoms with Gasteiger partial charge in [0.2, 0.25) is 5.91 Å². The standard InChI is InChI=1S/C11H16N4O/c1-6-4-9(6)15-11(7-2-3-7)8(13-14-15)5-10(12)16/h6-7,9H,2-5H2,1H3,(H2,12,16). The Kier molecular flexibility index (Phi) is 2.02. The predicted octanol–water partition coefficient (Wildman–Crippen LogP) is 0.764. The van der Waals surface area contributed by atoms with Gasteiger partial charge in [0, 0.05) is 5.92 Å². The van der Waals surface area contributed by atoms with Gasteiger partial charge in [-0.15, -0.1) is 5.10 Å². The van der Waals surface area contributed by atoms with Crippen LogP contribution in [0.15, 0.2) is 0 Å². The maximum absolute atomic E-state index is 11.0. The smallest absolute Gasteiger partial charge is 0.223 e. The van der Waals surface area contributed by atoms with Gasteiger partial charge >= 0.3 is 0 Å². The van der Waals surface area contributed by atoms with Crippen LogP contribution in [0.1, 0.15) is 49.5 Å². The molecule has 2 N–H and O–H groups in total. The largest absolute Gasteiger partial charge is 0.369 e. The van der Waals surface area contributed by atoms with Crippen molar-refractivity contribution in [3.05, 3.63) is 11.4 Å². The highest BCUT2D eigenvalue weighted by Crippen LogP contribution is 2.48. The lowest BCUT2D eigenvalue weighted by Crippen LogP contribution is -2.15. The van der Waals surface area contributed by atoms with Crippen LogP contribution in [0.5, 0.6) is 0 Å². The van der Waals surface area contributed by atoms with Crippen molar-refractivity contribution in [2.45, 2.75) is 44.6 Å². The Bertz CT molecular complexity index is 435. The van der Waals surface area contributed by atoms with Crippen LogP contribution in [0.2, 0.25) is 0 Å². The van der Waals surface area contributed by atoms with Gasteiger partial charge in [-0.3, -0.25) is 4.79 Å². The summed E-state index contributed by atoms with van der Waals surface area (Å²) in [7, 11) is 0. The van der Waals surface area contributed by atoms with E-state index in [-0.39, 0.29) is 12.3 Å². The van der Waals surface area contributed by atoms with Gasteiger partial charge in [0.05, 0.1) is 23.9 Å². The van der Waals surface area contributed by atoms with Crippen molar-refractivity contribution in [2.24, 2.45) is 11.7 Å². The molecule has 2 aliphatic carbocycles. The minimum Gasteiger partial charge on any atom is -0.369 e. The summed E-state index contributed by atoms with van der Waals surface area (Å²) >= 11 is 0. The van der Waals surface area contributed by atoms with E-state index >= 15 is 0 Å². The number of rotatable bonds is 4. The molecule has 0 saturated heterocycles. The molecule has 86 valence electrons.